The molecule has 2 nitrogen and oxygen atoms in total. The minimum absolute atomic E-state index is 0.0197. The number of ketones is 2. The molecular formula is C8H11BrO2. The minimum atomic E-state index is -0.202. The van der Waals surface area contributed by atoms with E-state index in [0.717, 1.165) is 0 Å². The van der Waals surface area contributed by atoms with Crippen molar-refractivity contribution in [1.82, 2.24) is 0 Å². The second-order valence-electron chi connectivity index (χ2n) is 3.71. The van der Waals surface area contributed by atoms with Gasteiger partial charge >= 0.3 is 0 Å². The van der Waals surface area contributed by atoms with Crippen molar-refractivity contribution >= 4 is 27.5 Å². The van der Waals surface area contributed by atoms with Gasteiger partial charge in [0.1, 0.15) is 5.78 Å². The Morgan fingerprint density at radius 2 is 2.00 bits per heavy atom. The Kier molecular flexibility index (Phi) is 2.19. The molecule has 1 saturated carbocycles. The van der Waals surface area contributed by atoms with Gasteiger partial charge < -0.3 is 0 Å². The third-order valence-corrected chi connectivity index (χ3v) is 3.74. The summed E-state index contributed by atoms with van der Waals surface area (Å²) < 4.78 is 0. The van der Waals surface area contributed by atoms with Crippen molar-refractivity contribution in [3.8, 4) is 0 Å². The highest BCUT2D eigenvalue weighted by Crippen LogP contribution is 2.36. The van der Waals surface area contributed by atoms with Crippen LogP contribution in [0.2, 0.25) is 0 Å². The number of hydrogen-bond donors (Lipinski definition) is 0. The summed E-state index contributed by atoms with van der Waals surface area (Å²) in [6.45, 7) is 3.86. The second-order valence-corrected chi connectivity index (χ2v) is 4.63. The van der Waals surface area contributed by atoms with E-state index in [4.69, 9.17) is 0 Å². The minimum Gasteiger partial charge on any atom is -0.299 e. The van der Waals surface area contributed by atoms with Crippen molar-refractivity contribution in [2.75, 3.05) is 0 Å². The quantitative estimate of drug-likeness (QED) is 0.459. The summed E-state index contributed by atoms with van der Waals surface area (Å²) in [4.78, 5) is 22.0. The van der Waals surface area contributed by atoms with Crippen LogP contribution < -0.4 is 0 Å². The maximum Gasteiger partial charge on any atom is 0.154 e. The fourth-order valence-corrected chi connectivity index (χ4v) is 1.70. The lowest BCUT2D eigenvalue weighted by Gasteiger charge is -2.32. The maximum absolute atomic E-state index is 11.2. The summed E-state index contributed by atoms with van der Waals surface area (Å²) in [6.07, 6.45) is 0.619. The topological polar surface area (TPSA) is 34.1 Å². The van der Waals surface area contributed by atoms with E-state index in [1.807, 2.05) is 13.8 Å². The number of hydrogen-bond acceptors (Lipinski definition) is 2. The Morgan fingerprint density at radius 3 is 2.45 bits per heavy atom. The first-order valence-corrected chi connectivity index (χ1v) is 4.53. The molecule has 1 atom stereocenters. The van der Waals surface area contributed by atoms with E-state index in [9.17, 15) is 9.59 Å². The van der Waals surface area contributed by atoms with Gasteiger partial charge in [0.25, 0.3) is 0 Å². The fraction of sp³-hybridized carbons (Fsp3) is 0.750. The van der Waals surface area contributed by atoms with Crippen LogP contribution in [0.1, 0.15) is 26.7 Å². The molecule has 3 heteroatoms. The van der Waals surface area contributed by atoms with E-state index < -0.39 is 0 Å². The standard InChI is InChI=1S/C8H11BrO2/c1-8(2)4-5(10)3-6(11)7(8)9/h7H,3-4H2,1-2H3. The van der Waals surface area contributed by atoms with Crippen molar-refractivity contribution in [2.45, 2.75) is 31.5 Å². The summed E-state index contributed by atoms with van der Waals surface area (Å²) >= 11 is 3.30. The molecule has 1 unspecified atom stereocenters. The SMILES string of the molecule is CC1(C)CC(=O)CC(=O)C1Br. The van der Waals surface area contributed by atoms with Gasteiger partial charge in [-0.25, -0.2) is 0 Å². The highest BCUT2D eigenvalue weighted by atomic mass is 79.9. The normalized spacial score (nSPS) is 30.6. The predicted octanol–water partition coefficient (Wildman–Crippen LogP) is 1.71. The van der Waals surface area contributed by atoms with Crippen LogP contribution in [-0.2, 0) is 9.59 Å². The number of rotatable bonds is 0. The summed E-state index contributed by atoms with van der Waals surface area (Å²) in [7, 11) is 0. The van der Waals surface area contributed by atoms with E-state index in [1.165, 1.54) is 0 Å². The van der Waals surface area contributed by atoms with Gasteiger partial charge in [-0.3, -0.25) is 9.59 Å². The van der Waals surface area contributed by atoms with E-state index in [2.05, 4.69) is 15.9 Å². The number of carbonyl (C=O) groups is 2. The van der Waals surface area contributed by atoms with Crippen molar-refractivity contribution < 1.29 is 9.59 Å². The van der Waals surface area contributed by atoms with Crippen LogP contribution in [0.25, 0.3) is 0 Å². The largest absolute Gasteiger partial charge is 0.299 e. The molecule has 0 aliphatic heterocycles. The summed E-state index contributed by atoms with van der Waals surface area (Å²) in [5.74, 6) is 0.0851. The average Bonchev–Trinajstić information content (AvgIpc) is 1.81. The molecule has 62 valence electrons. The van der Waals surface area contributed by atoms with E-state index in [-0.39, 0.29) is 28.2 Å². The van der Waals surface area contributed by atoms with Crippen molar-refractivity contribution in [3.05, 3.63) is 0 Å². The molecule has 0 aromatic heterocycles. The zero-order chi connectivity index (χ0) is 8.65. The Balaban J connectivity index is 2.83. The number of halogens is 1. The predicted molar refractivity (Wildman–Crippen MR) is 45.7 cm³/mol. The van der Waals surface area contributed by atoms with Gasteiger partial charge in [-0.1, -0.05) is 29.8 Å². The van der Waals surface area contributed by atoms with Crippen molar-refractivity contribution in [2.24, 2.45) is 5.41 Å². The molecule has 0 spiro atoms. The molecule has 11 heavy (non-hydrogen) atoms. The Labute approximate surface area is 74.5 Å². The fourth-order valence-electron chi connectivity index (χ4n) is 1.38. The smallest absolute Gasteiger partial charge is 0.154 e. The summed E-state index contributed by atoms with van der Waals surface area (Å²) in [5.41, 5.74) is -0.202. The van der Waals surface area contributed by atoms with Crippen LogP contribution in [-0.4, -0.2) is 16.4 Å². The number of carbonyl (C=O) groups excluding carboxylic acids is 2. The second kappa shape index (κ2) is 2.70. The molecule has 1 rings (SSSR count). The monoisotopic (exact) mass is 218 g/mol. The first-order chi connectivity index (χ1) is 4.93. The molecule has 0 saturated heterocycles. The zero-order valence-corrected chi connectivity index (χ0v) is 8.27. The van der Waals surface area contributed by atoms with Crippen molar-refractivity contribution in [3.63, 3.8) is 0 Å². The molecular weight excluding hydrogens is 208 g/mol. The molecule has 1 fully saturated rings. The number of Topliss-reactive ketones (excluding diaryl/α,β-unsaturated/α-hetero) is 2. The van der Waals surface area contributed by atoms with Crippen LogP contribution >= 0.6 is 15.9 Å². The molecule has 1 aliphatic rings. The molecule has 1 aliphatic carbocycles. The highest BCUT2D eigenvalue weighted by Gasteiger charge is 2.39. The van der Waals surface area contributed by atoms with Gasteiger partial charge in [0.2, 0.25) is 0 Å². The van der Waals surface area contributed by atoms with Gasteiger partial charge in [-0.05, 0) is 5.41 Å². The van der Waals surface area contributed by atoms with Crippen LogP contribution in [0.5, 0.6) is 0 Å². The molecule has 0 radical (unpaired) electrons. The summed E-state index contributed by atoms with van der Waals surface area (Å²) in [5, 5.41) is 0. The first-order valence-electron chi connectivity index (χ1n) is 3.62. The molecule has 0 aromatic carbocycles. The van der Waals surface area contributed by atoms with Gasteiger partial charge in [0, 0.05) is 6.42 Å². The van der Waals surface area contributed by atoms with Crippen LogP contribution in [0, 0.1) is 5.41 Å². The Hall–Kier alpha value is -0.180. The zero-order valence-electron chi connectivity index (χ0n) is 6.69. The molecule has 0 amide bonds. The van der Waals surface area contributed by atoms with Crippen LogP contribution in [0.4, 0.5) is 0 Å². The van der Waals surface area contributed by atoms with E-state index in [0.29, 0.717) is 6.42 Å². The first kappa shape index (κ1) is 8.91. The highest BCUT2D eigenvalue weighted by molar-refractivity contribution is 9.10. The average molecular weight is 219 g/mol. The Bertz CT molecular complexity index is 208. The lowest BCUT2D eigenvalue weighted by molar-refractivity contribution is -0.132. The van der Waals surface area contributed by atoms with Crippen molar-refractivity contribution in [1.29, 1.82) is 0 Å². The van der Waals surface area contributed by atoms with Gasteiger partial charge in [0.15, 0.2) is 5.78 Å². The van der Waals surface area contributed by atoms with Crippen LogP contribution in [0.15, 0.2) is 0 Å². The van der Waals surface area contributed by atoms with E-state index >= 15 is 0 Å². The van der Waals surface area contributed by atoms with Gasteiger partial charge in [-0.15, -0.1) is 0 Å². The lowest BCUT2D eigenvalue weighted by Crippen LogP contribution is -2.39. The molecule has 0 heterocycles. The lowest BCUT2D eigenvalue weighted by atomic mass is 9.76. The number of alkyl halides is 1. The van der Waals surface area contributed by atoms with E-state index in [1.54, 1.807) is 0 Å². The molecule has 0 aromatic rings. The van der Waals surface area contributed by atoms with Crippen LogP contribution in [0.3, 0.4) is 0 Å². The Morgan fingerprint density at radius 1 is 1.45 bits per heavy atom. The summed E-state index contributed by atoms with van der Waals surface area (Å²) in [6, 6.07) is 0. The molecule has 0 N–H and O–H groups in total. The third-order valence-electron chi connectivity index (χ3n) is 1.99. The molecule has 0 bridgehead atoms. The maximum atomic E-state index is 11.2. The third kappa shape index (κ3) is 1.70. The van der Waals surface area contributed by atoms with Gasteiger partial charge in [0.05, 0.1) is 11.2 Å². The van der Waals surface area contributed by atoms with Gasteiger partial charge in [-0.2, -0.15) is 0 Å².